The van der Waals surface area contributed by atoms with Crippen LogP contribution in [-0.4, -0.2) is 17.7 Å². The number of hydrogen-bond acceptors (Lipinski definition) is 2. The molecule has 13 heavy (non-hydrogen) atoms. The predicted octanol–water partition coefficient (Wildman–Crippen LogP) is 2.27. The van der Waals surface area contributed by atoms with E-state index in [1.165, 1.54) is 0 Å². The molecule has 0 atom stereocenters. The Bertz CT molecular complexity index is 196. The topological polar surface area (TPSA) is 34.1 Å². The van der Waals surface area contributed by atoms with Crippen LogP contribution in [0.3, 0.4) is 0 Å². The van der Waals surface area contributed by atoms with Gasteiger partial charge in [-0.15, -0.1) is 0 Å². The zero-order chi connectivity index (χ0) is 10.5. The fourth-order valence-corrected chi connectivity index (χ4v) is 0.807. The summed E-state index contributed by atoms with van der Waals surface area (Å²) >= 11 is 0. The van der Waals surface area contributed by atoms with E-state index in [0.29, 0.717) is 12.8 Å². The van der Waals surface area contributed by atoms with Crippen molar-refractivity contribution in [2.75, 3.05) is 0 Å². The van der Waals surface area contributed by atoms with Gasteiger partial charge in [-0.2, -0.15) is 13.2 Å². The van der Waals surface area contributed by atoms with Crippen LogP contribution < -0.4 is 0 Å². The van der Waals surface area contributed by atoms with Crippen LogP contribution in [0.25, 0.3) is 0 Å². The summed E-state index contributed by atoms with van der Waals surface area (Å²) in [5.41, 5.74) is 0. The molecule has 0 spiro atoms. The van der Waals surface area contributed by atoms with Gasteiger partial charge >= 0.3 is 12.0 Å². The van der Waals surface area contributed by atoms with E-state index in [4.69, 9.17) is 0 Å². The van der Waals surface area contributed by atoms with Crippen molar-refractivity contribution >= 4 is 11.6 Å². The van der Waals surface area contributed by atoms with E-state index in [1.807, 2.05) is 6.92 Å². The van der Waals surface area contributed by atoms with E-state index < -0.39 is 17.7 Å². The number of hydrogen-bond donors (Lipinski definition) is 0. The average molecular weight is 196 g/mol. The van der Waals surface area contributed by atoms with Gasteiger partial charge in [0.2, 0.25) is 5.78 Å². The minimum Gasteiger partial charge on any atom is -0.291 e. The second-order valence-corrected chi connectivity index (χ2v) is 2.71. The van der Waals surface area contributed by atoms with Crippen molar-refractivity contribution in [1.29, 1.82) is 0 Å². The zero-order valence-corrected chi connectivity index (χ0v) is 7.28. The Hall–Kier alpha value is -0.870. The molecule has 0 radical (unpaired) electrons. The van der Waals surface area contributed by atoms with Crippen LogP contribution >= 0.6 is 0 Å². The number of halogens is 3. The van der Waals surface area contributed by atoms with Gasteiger partial charge in [-0.3, -0.25) is 9.59 Å². The van der Waals surface area contributed by atoms with Crippen LogP contribution in [0.2, 0.25) is 0 Å². The maximum Gasteiger partial charge on any atom is 0.458 e. The first-order valence-corrected chi connectivity index (χ1v) is 4.04. The van der Waals surface area contributed by atoms with Gasteiger partial charge in [-0.25, -0.2) is 0 Å². The molecule has 0 amide bonds. The van der Waals surface area contributed by atoms with Crippen LogP contribution in [-0.2, 0) is 9.59 Å². The average Bonchev–Trinajstić information content (AvgIpc) is 2.01. The van der Waals surface area contributed by atoms with Gasteiger partial charge in [0.25, 0.3) is 0 Å². The number of rotatable bonds is 5. The van der Waals surface area contributed by atoms with Gasteiger partial charge in [0.05, 0.1) is 0 Å². The van der Waals surface area contributed by atoms with Crippen molar-refractivity contribution in [3.8, 4) is 0 Å². The number of Topliss-reactive ketones (excluding diaryl/α,β-unsaturated/α-hetero) is 2. The van der Waals surface area contributed by atoms with Crippen LogP contribution in [0, 0.1) is 0 Å². The second-order valence-electron chi connectivity index (χ2n) is 2.71. The molecule has 76 valence electrons. The van der Waals surface area contributed by atoms with Crippen molar-refractivity contribution in [3.63, 3.8) is 0 Å². The minimum atomic E-state index is -5.01. The minimum absolute atomic E-state index is 0.299. The van der Waals surface area contributed by atoms with Crippen LogP contribution in [0.1, 0.15) is 32.6 Å². The van der Waals surface area contributed by atoms with Crippen molar-refractivity contribution in [3.05, 3.63) is 0 Å². The smallest absolute Gasteiger partial charge is 0.291 e. The summed E-state index contributed by atoms with van der Waals surface area (Å²) in [6, 6.07) is 0. The molecule has 0 aromatic heterocycles. The first-order valence-electron chi connectivity index (χ1n) is 4.04. The van der Waals surface area contributed by atoms with Gasteiger partial charge in [0, 0.05) is 6.42 Å². The highest BCUT2D eigenvalue weighted by molar-refractivity contribution is 6.39. The van der Waals surface area contributed by atoms with Gasteiger partial charge in [-0.05, 0) is 6.42 Å². The molecule has 0 fully saturated rings. The summed E-state index contributed by atoms with van der Waals surface area (Å²) in [7, 11) is 0. The Balaban J connectivity index is 3.92. The second kappa shape index (κ2) is 4.99. The third-order valence-corrected chi connectivity index (χ3v) is 1.52. The normalized spacial score (nSPS) is 11.4. The molecule has 0 unspecified atom stereocenters. The highest BCUT2D eigenvalue weighted by Crippen LogP contribution is 2.17. The molecule has 0 heterocycles. The SMILES string of the molecule is CCCCCC(=O)C(=O)C(F)(F)F. The largest absolute Gasteiger partial charge is 0.458 e. The lowest BCUT2D eigenvalue weighted by Gasteiger charge is -2.02. The van der Waals surface area contributed by atoms with E-state index in [9.17, 15) is 22.8 Å². The molecule has 0 aromatic rings. The van der Waals surface area contributed by atoms with Crippen molar-refractivity contribution in [1.82, 2.24) is 0 Å². The molecule has 0 aliphatic carbocycles. The van der Waals surface area contributed by atoms with Crippen molar-refractivity contribution in [2.45, 2.75) is 38.8 Å². The molecule has 0 rings (SSSR count). The lowest BCUT2D eigenvalue weighted by molar-refractivity contribution is -0.174. The molecule has 0 saturated carbocycles. The first kappa shape index (κ1) is 12.1. The third kappa shape index (κ3) is 4.65. The molecule has 0 aliphatic rings. The van der Waals surface area contributed by atoms with Gasteiger partial charge in [0.1, 0.15) is 0 Å². The van der Waals surface area contributed by atoms with Crippen LogP contribution in [0.15, 0.2) is 0 Å². The molecular formula is C8H11F3O2. The lowest BCUT2D eigenvalue weighted by atomic mass is 10.1. The molecular weight excluding hydrogens is 185 g/mol. The van der Waals surface area contributed by atoms with Crippen LogP contribution in [0.5, 0.6) is 0 Å². The first-order chi connectivity index (χ1) is 5.89. The lowest BCUT2D eigenvalue weighted by Crippen LogP contribution is -2.30. The Morgan fingerprint density at radius 1 is 1.15 bits per heavy atom. The summed E-state index contributed by atoms with van der Waals surface area (Å²) in [5, 5.41) is 0. The number of carbonyl (C=O) groups excluding carboxylic acids is 2. The monoisotopic (exact) mass is 196 g/mol. The summed E-state index contributed by atoms with van der Waals surface area (Å²) in [5.74, 6) is -3.57. The van der Waals surface area contributed by atoms with Gasteiger partial charge < -0.3 is 0 Å². The van der Waals surface area contributed by atoms with Gasteiger partial charge in [-0.1, -0.05) is 19.8 Å². The van der Waals surface area contributed by atoms with E-state index in [-0.39, 0.29) is 6.42 Å². The maximum atomic E-state index is 11.6. The zero-order valence-electron chi connectivity index (χ0n) is 7.28. The number of carbonyl (C=O) groups is 2. The van der Waals surface area contributed by atoms with E-state index in [1.54, 1.807) is 0 Å². The summed E-state index contributed by atoms with van der Waals surface area (Å²) in [6.45, 7) is 1.86. The number of alkyl halides is 3. The fraction of sp³-hybridized carbons (Fsp3) is 0.750. The van der Waals surface area contributed by atoms with Crippen molar-refractivity contribution in [2.24, 2.45) is 0 Å². The Morgan fingerprint density at radius 3 is 2.08 bits per heavy atom. The van der Waals surface area contributed by atoms with Crippen molar-refractivity contribution < 1.29 is 22.8 Å². The Kier molecular flexibility index (Phi) is 4.66. The van der Waals surface area contributed by atoms with E-state index in [0.717, 1.165) is 6.42 Å². The molecule has 5 heteroatoms. The molecule has 0 saturated heterocycles. The molecule has 0 aromatic carbocycles. The quantitative estimate of drug-likeness (QED) is 0.499. The molecule has 0 bridgehead atoms. The highest BCUT2D eigenvalue weighted by atomic mass is 19.4. The summed E-state index contributed by atoms with van der Waals surface area (Å²) < 4.78 is 34.9. The maximum absolute atomic E-state index is 11.6. The molecule has 0 aliphatic heterocycles. The molecule has 2 nitrogen and oxygen atoms in total. The predicted molar refractivity (Wildman–Crippen MR) is 40.2 cm³/mol. The summed E-state index contributed by atoms with van der Waals surface area (Å²) in [6.07, 6.45) is -3.50. The standard InChI is InChI=1S/C8H11F3O2/c1-2-3-4-5-6(12)7(13)8(9,10)11/h2-5H2,1H3. The number of unbranched alkanes of at least 4 members (excludes halogenated alkanes) is 2. The third-order valence-electron chi connectivity index (χ3n) is 1.52. The Labute approximate surface area is 74.1 Å². The fourth-order valence-electron chi connectivity index (χ4n) is 0.807. The van der Waals surface area contributed by atoms with Crippen LogP contribution in [0.4, 0.5) is 13.2 Å². The van der Waals surface area contributed by atoms with E-state index in [2.05, 4.69) is 0 Å². The number of ketones is 2. The van der Waals surface area contributed by atoms with E-state index >= 15 is 0 Å². The summed E-state index contributed by atoms with van der Waals surface area (Å²) in [4.78, 5) is 20.9. The molecule has 0 N–H and O–H groups in total. The Morgan fingerprint density at radius 2 is 1.69 bits per heavy atom. The van der Waals surface area contributed by atoms with Gasteiger partial charge in [0.15, 0.2) is 0 Å². The highest BCUT2D eigenvalue weighted by Gasteiger charge is 2.42.